The second-order valence-electron chi connectivity index (χ2n) is 7.53. The van der Waals surface area contributed by atoms with Gasteiger partial charge in [0.25, 0.3) is 5.91 Å². The topological polar surface area (TPSA) is 51.2 Å². The minimum absolute atomic E-state index is 0.243. The fourth-order valence-electron chi connectivity index (χ4n) is 3.49. The second-order valence-corrected chi connectivity index (χ2v) is 7.53. The van der Waals surface area contributed by atoms with Crippen molar-refractivity contribution in [1.82, 2.24) is 10.3 Å². The lowest BCUT2D eigenvalue weighted by molar-refractivity contribution is 0.0950. The van der Waals surface area contributed by atoms with E-state index in [-0.39, 0.29) is 11.7 Å². The zero-order valence-electron chi connectivity index (χ0n) is 17.9. The third kappa shape index (κ3) is 4.83. The van der Waals surface area contributed by atoms with Gasteiger partial charge >= 0.3 is 0 Å². The van der Waals surface area contributed by atoms with Crippen LogP contribution in [0, 0.1) is 12.7 Å². The minimum atomic E-state index is -0.305. The van der Waals surface area contributed by atoms with Crippen LogP contribution in [0.3, 0.4) is 0 Å². The lowest BCUT2D eigenvalue weighted by Gasteiger charge is -2.13. The molecule has 3 aromatic carbocycles. The Bertz CT molecular complexity index is 1240. The van der Waals surface area contributed by atoms with Gasteiger partial charge in [-0.1, -0.05) is 48.0 Å². The van der Waals surface area contributed by atoms with Crippen LogP contribution in [0.5, 0.6) is 5.75 Å². The van der Waals surface area contributed by atoms with Gasteiger partial charge in [0.2, 0.25) is 0 Å². The number of pyridine rings is 1. The summed E-state index contributed by atoms with van der Waals surface area (Å²) in [6.45, 7) is 2.34. The first kappa shape index (κ1) is 21.2. The number of nitrogens with one attached hydrogen (secondary N) is 1. The minimum Gasteiger partial charge on any atom is -0.497 e. The Kier molecular flexibility index (Phi) is 6.26. The number of hydrogen-bond donors (Lipinski definition) is 1. The van der Waals surface area contributed by atoms with Crippen molar-refractivity contribution >= 4 is 5.91 Å². The third-order valence-corrected chi connectivity index (χ3v) is 5.21. The Morgan fingerprint density at radius 2 is 1.72 bits per heavy atom. The lowest BCUT2D eigenvalue weighted by atomic mass is 9.97. The average molecular weight is 426 g/mol. The quantitative estimate of drug-likeness (QED) is 0.424. The van der Waals surface area contributed by atoms with Gasteiger partial charge in [0, 0.05) is 23.9 Å². The van der Waals surface area contributed by atoms with E-state index in [9.17, 15) is 9.18 Å². The molecule has 160 valence electrons. The number of aryl methyl sites for hydroxylation is 1. The van der Waals surface area contributed by atoms with E-state index in [0.29, 0.717) is 12.1 Å². The highest BCUT2D eigenvalue weighted by molar-refractivity contribution is 5.96. The van der Waals surface area contributed by atoms with Crippen molar-refractivity contribution in [1.29, 1.82) is 0 Å². The van der Waals surface area contributed by atoms with Crippen LogP contribution < -0.4 is 10.1 Å². The van der Waals surface area contributed by atoms with Gasteiger partial charge < -0.3 is 10.1 Å². The van der Waals surface area contributed by atoms with Gasteiger partial charge in [0.15, 0.2) is 0 Å². The van der Waals surface area contributed by atoms with Crippen molar-refractivity contribution < 1.29 is 13.9 Å². The van der Waals surface area contributed by atoms with Gasteiger partial charge in [-0.25, -0.2) is 4.39 Å². The Labute approximate surface area is 186 Å². The third-order valence-electron chi connectivity index (χ3n) is 5.21. The predicted molar refractivity (Wildman–Crippen MR) is 124 cm³/mol. The molecule has 32 heavy (non-hydrogen) atoms. The zero-order chi connectivity index (χ0) is 22.5. The molecule has 1 amide bonds. The first-order chi connectivity index (χ1) is 15.5. The fourth-order valence-corrected chi connectivity index (χ4v) is 3.49. The molecule has 0 bridgehead atoms. The molecule has 0 aliphatic rings. The number of rotatable bonds is 6. The second kappa shape index (κ2) is 9.43. The molecule has 0 unspecified atom stereocenters. The van der Waals surface area contributed by atoms with E-state index in [1.54, 1.807) is 25.4 Å². The maximum Gasteiger partial charge on any atom is 0.253 e. The summed E-state index contributed by atoms with van der Waals surface area (Å²) in [5.41, 5.74) is 5.97. The van der Waals surface area contributed by atoms with Crippen molar-refractivity contribution in [2.24, 2.45) is 0 Å². The summed E-state index contributed by atoms with van der Waals surface area (Å²) in [5.74, 6) is 0.208. The summed E-state index contributed by atoms with van der Waals surface area (Å²) in [4.78, 5) is 17.5. The van der Waals surface area contributed by atoms with Gasteiger partial charge in [-0.05, 0) is 54.4 Å². The van der Waals surface area contributed by atoms with Crippen molar-refractivity contribution in [2.45, 2.75) is 13.5 Å². The first-order valence-electron chi connectivity index (χ1n) is 10.3. The molecule has 0 aliphatic heterocycles. The van der Waals surface area contributed by atoms with Crippen LogP contribution >= 0.6 is 0 Å². The van der Waals surface area contributed by atoms with E-state index in [0.717, 1.165) is 39.3 Å². The van der Waals surface area contributed by atoms with Crippen LogP contribution in [-0.4, -0.2) is 18.0 Å². The lowest BCUT2D eigenvalue weighted by Crippen LogP contribution is -2.23. The highest BCUT2D eigenvalue weighted by Gasteiger charge is 2.14. The number of amides is 1. The highest BCUT2D eigenvalue weighted by atomic mass is 19.1. The van der Waals surface area contributed by atoms with Gasteiger partial charge in [0.05, 0.1) is 18.4 Å². The maximum atomic E-state index is 13.1. The number of methoxy groups -OCH3 is 1. The molecule has 0 radical (unpaired) electrons. The van der Waals surface area contributed by atoms with E-state index in [2.05, 4.69) is 16.4 Å². The van der Waals surface area contributed by atoms with Gasteiger partial charge in [-0.15, -0.1) is 0 Å². The fraction of sp³-hybridized carbons (Fsp3) is 0.111. The summed E-state index contributed by atoms with van der Waals surface area (Å²) >= 11 is 0. The molecule has 0 aliphatic carbocycles. The van der Waals surface area contributed by atoms with Crippen molar-refractivity contribution in [3.8, 4) is 28.1 Å². The number of aromatic nitrogens is 1. The van der Waals surface area contributed by atoms with E-state index >= 15 is 0 Å². The smallest absolute Gasteiger partial charge is 0.253 e. The van der Waals surface area contributed by atoms with E-state index in [4.69, 9.17) is 4.74 Å². The summed E-state index contributed by atoms with van der Waals surface area (Å²) in [6, 6.07) is 23.7. The Hall–Kier alpha value is -3.99. The summed E-state index contributed by atoms with van der Waals surface area (Å²) in [5, 5.41) is 2.88. The molecule has 0 saturated carbocycles. The zero-order valence-corrected chi connectivity index (χ0v) is 17.9. The molecule has 0 spiro atoms. The monoisotopic (exact) mass is 426 g/mol. The summed E-state index contributed by atoms with van der Waals surface area (Å²) in [6.07, 6.45) is 1.59. The van der Waals surface area contributed by atoms with E-state index < -0.39 is 0 Å². The number of benzene rings is 3. The van der Waals surface area contributed by atoms with Crippen LogP contribution in [0.2, 0.25) is 0 Å². The normalized spacial score (nSPS) is 10.6. The molecule has 4 aromatic rings. The predicted octanol–water partition coefficient (Wildman–Crippen LogP) is 5.80. The summed E-state index contributed by atoms with van der Waals surface area (Å²) in [7, 11) is 1.63. The van der Waals surface area contributed by atoms with E-state index in [1.165, 1.54) is 12.1 Å². The van der Waals surface area contributed by atoms with Crippen molar-refractivity contribution in [2.75, 3.05) is 7.11 Å². The number of carbonyl (C=O) groups is 1. The number of ether oxygens (including phenoxy) is 1. The van der Waals surface area contributed by atoms with Crippen LogP contribution in [-0.2, 0) is 6.54 Å². The van der Waals surface area contributed by atoms with Crippen LogP contribution in [0.15, 0.2) is 85.1 Å². The Morgan fingerprint density at radius 1 is 0.969 bits per heavy atom. The van der Waals surface area contributed by atoms with Crippen LogP contribution in [0.4, 0.5) is 4.39 Å². The maximum absolute atomic E-state index is 13.1. The SMILES string of the molecule is COc1ccc(-c2cc(C(=O)NCc3ccc(F)cc3)cnc2-c2cccc(C)c2)cc1. The largest absolute Gasteiger partial charge is 0.497 e. The van der Waals surface area contributed by atoms with Crippen molar-refractivity contribution in [3.05, 3.63) is 108 Å². The Morgan fingerprint density at radius 3 is 2.41 bits per heavy atom. The van der Waals surface area contributed by atoms with Crippen LogP contribution in [0.1, 0.15) is 21.5 Å². The average Bonchev–Trinajstić information content (AvgIpc) is 2.83. The molecular formula is C27H23FN2O2. The van der Waals surface area contributed by atoms with Gasteiger partial charge in [-0.3, -0.25) is 9.78 Å². The molecule has 4 rings (SSSR count). The highest BCUT2D eigenvalue weighted by Crippen LogP contribution is 2.32. The standard InChI is InChI=1S/C27H23FN2O2/c1-18-4-3-5-21(14-18)26-25(20-8-12-24(32-2)13-9-20)15-22(17-29-26)27(31)30-16-19-6-10-23(28)11-7-19/h3-15,17H,16H2,1-2H3,(H,30,31). The van der Waals surface area contributed by atoms with Gasteiger partial charge in [0.1, 0.15) is 11.6 Å². The molecule has 0 fully saturated rings. The van der Waals surface area contributed by atoms with Crippen molar-refractivity contribution in [3.63, 3.8) is 0 Å². The number of carbonyl (C=O) groups excluding carboxylic acids is 1. The van der Waals surface area contributed by atoms with E-state index in [1.807, 2.05) is 55.5 Å². The Balaban J connectivity index is 1.68. The molecule has 4 nitrogen and oxygen atoms in total. The molecule has 5 heteroatoms. The molecular weight excluding hydrogens is 403 g/mol. The number of halogens is 1. The van der Waals surface area contributed by atoms with Gasteiger partial charge in [-0.2, -0.15) is 0 Å². The number of nitrogens with zero attached hydrogens (tertiary/aromatic N) is 1. The molecule has 0 saturated heterocycles. The van der Waals surface area contributed by atoms with Crippen LogP contribution in [0.25, 0.3) is 22.4 Å². The number of hydrogen-bond acceptors (Lipinski definition) is 3. The summed E-state index contributed by atoms with van der Waals surface area (Å²) < 4.78 is 18.4. The molecule has 0 atom stereocenters. The first-order valence-corrected chi connectivity index (χ1v) is 10.3. The molecule has 1 N–H and O–H groups in total. The molecule has 1 heterocycles. The molecule has 1 aromatic heterocycles.